The molecule has 0 amide bonds. The van der Waals surface area contributed by atoms with Gasteiger partial charge in [0, 0.05) is 54.1 Å². The van der Waals surface area contributed by atoms with E-state index in [1.54, 1.807) is 26.0 Å². The molecule has 3 aliphatic heterocycles. The molecule has 248 valence electrons. The van der Waals surface area contributed by atoms with Gasteiger partial charge in [-0.3, -0.25) is 9.59 Å². The van der Waals surface area contributed by atoms with E-state index in [4.69, 9.17) is 28.4 Å². The van der Waals surface area contributed by atoms with Crippen LogP contribution in [-0.2, 0) is 42.8 Å². The molecular weight excluding hydrogens is 580 g/mol. The molecule has 1 N–H and O–H groups in total. The summed E-state index contributed by atoms with van der Waals surface area (Å²) in [4.78, 5) is 38.7. The van der Waals surface area contributed by atoms with Gasteiger partial charge in [-0.1, -0.05) is 32.4 Å². The van der Waals surface area contributed by atoms with Crippen LogP contribution in [0.4, 0.5) is 0 Å². The number of rotatable bonds is 6. The number of aliphatic hydroxyl groups excluding tert-OH is 1. The Morgan fingerprint density at radius 1 is 1.13 bits per heavy atom. The summed E-state index contributed by atoms with van der Waals surface area (Å²) in [5, 5.41) is 12.2. The van der Waals surface area contributed by atoms with E-state index in [9.17, 15) is 19.5 Å². The van der Waals surface area contributed by atoms with Crippen LogP contribution in [0.1, 0.15) is 74.7 Å². The van der Waals surface area contributed by atoms with E-state index in [2.05, 4.69) is 20.8 Å². The fourth-order valence-electron chi connectivity index (χ4n) is 10.4. The Bertz CT molecular complexity index is 1350. The van der Waals surface area contributed by atoms with E-state index in [-0.39, 0.29) is 36.8 Å². The maximum Gasteiger partial charge on any atom is 0.333 e. The second-order valence-electron chi connectivity index (χ2n) is 14.6. The summed E-state index contributed by atoms with van der Waals surface area (Å²) < 4.78 is 37.4. The first-order valence-electron chi connectivity index (χ1n) is 16.4. The van der Waals surface area contributed by atoms with Gasteiger partial charge >= 0.3 is 17.9 Å². The molecule has 0 aromatic carbocycles. The van der Waals surface area contributed by atoms with Crippen LogP contribution in [0.3, 0.4) is 0 Å². The molecule has 0 bridgehead atoms. The number of esters is 3. The third-order valence-corrected chi connectivity index (χ3v) is 12.5. The number of carbonyl (C=O) groups is 3. The molecule has 0 aromatic rings. The molecule has 6 rings (SSSR count). The summed E-state index contributed by atoms with van der Waals surface area (Å²) in [6, 6.07) is 0. The van der Waals surface area contributed by atoms with E-state index in [0.717, 1.165) is 11.1 Å². The van der Waals surface area contributed by atoms with Crippen LogP contribution in [0.25, 0.3) is 0 Å². The summed E-state index contributed by atoms with van der Waals surface area (Å²) in [5.41, 5.74) is 0.211. The van der Waals surface area contributed by atoms with Crippen molar-refractivity contribution in [1.29, 1.82) is 0 Å². The lowest BCUT2D eigenvalue weighted by molar-refractivity contribution is -0.259. The van der Waals surface area contributed by atoms with E-state index < -0.39 is 70.9 Å². The average molecular weight is 629 g/mol. The van der Waals surface area contributed by atoms with Crippen molar-refractivity contribution < 1.29 is 47.9 Å². The molecule has 0 radical (unpaired) electrons. The number of aliphatic hydroxyl groups is 1. The van der Waals surface area contributed by atoms with Crippen LogP contribution in [-0.4, -0.2) is 73.0 Å². The van der Waals surface area contributed by atoms with Gasteiger partial charge in [0.2, 0.25) is 0 Å². The Morgan fingerprint density at radius 2 is 1.87 bits per heavy atom. The second-order valence-corrected chi connectivity index (χ2v) is 14.6. The molecule has 6 aliphatic rings. The Labute approximate surface area is 265 Å². The molecule has 13 unspecified atom stereocenters. The zero-order chi connectivity index (χ0) is 32.6. The van der Waals surface area contributed by atoms with Crippen LogP contribution >= 0.6 is 0 Å². The predicted molar refractivity (Wildman–Crippen MR) is 161 cm³/mol. The highest BCUT2D eigenvalue weighted by Crippen LogP contribution is 2.72. The van der Waals surface area contributed by atoms with Gasteiger partial charge in [0.05, 0.1) is 37.1 Å². The third kappa shape index (κ3) is 4.60. The fraction of sp³-hybridized carbons (Fsp3) is 0.743. The average Bonchev–Trinajstić information content (AvgIpc) is 3.64. The van der Waals surface area contributed by atoms with Crippen LogP contribution < -0.4 is 0 Å². The summed E-state index contributed by atoms with van der Waals surface area (Å²) >= 11 is 0. The smallest absolute Gasteiger partial charge is 0.333 e. The minimum atomic E-state index is -0.859. The van der Waals surface area contributed by atoms with Gasteiger partial charge in [-0.2, -0.15) is 0 Å². The first kappa shape index (κ1) is 32.4. The van der Waals surface area contributed by atoms with Crippen LogP contribution in [0, 0.1) is 39.9 Å². The van der Waals surface area contributed by atoms with Crippen LogP contribution in [0.2, 0.25) is 0 Å². The second kappa shape index (κ2) is 11.3. The molecule has 45 heavy (non-hydrogen) atoms. The van der Waals surface area contributed by atoms with Gasteiger partial charge < -0.3 is 33.5 Å². The minimum absolute atomic E-state index is 0.173. The number of allylic oxidation sites excluding steroid dienone is 2. The SMILES string of the molecule is CC=C(C)C(=O)OC1C2OCC3(C)C(OC(C)=O)CC(O)C(C)(C23)C2CC(OCC)OC3CC(C4C=COC4=O)C(C)=C3C12C. The van der Waals surface area contributed by atoms with Gasteiger partial charge in [0.25, 0.3) is 0 Å². The number of hydrogen-bond donors (Lipinski definition) is 1. The lowest BCUT2D eigenvalue weighted by Crippen LogP contribution is -2.72. The molecule has 10 nitrogen and oxygen atoms in total. The van der Waals surface area contributed by atoms with Crippen molar-refractivity contribution >= 4 is 17.9 Å². The number of hydrogen-bond acceptors (Lipinski definition) is 10. The molecule has 0 spiro atoms. The normalized spacial score (nSPS) is 47.0. The van der Waals surface area contributed by atoms with Gasteiger partial charge in [0.15, 0.2) is 6.29 Å². The number of fused-ring (bicyclic) bond motifs is 4. The summed E-state index contributed by atoms with van der Waals surface area (Å²) in [5.74, 6) is -2.37. The van der Waals surface area contributed by atoms with Crippen molar-refractivity contribution in [3.05, 3.63) is 35.1 Å². The molecule has 4 fully saturated rings. The number of cyclic esters (lactones) is 1. The minimum Gasteiger partial charge on any atom is -0.462 e. The van der Waals surface area contributed by atoms with E-state index in [1.807, 2.05) is 13.8 Å². The quantitative estimate of drug-likeness (QED) is 0.196. The van der Waals surface area contributed by atoms with E-state index >= 15 is 0 Å². The first-order valence-corrected chi connectivity index (χ1v) is 16.4. The van der Waals surface area contributed by atoms with Crippen molar-refractivity contribution in [2.45, 2.75) is 111 Å². The predicted octanol–water partition coefficient (Wildman–Crippen LogP) is 4.40. The van der Waals surface area contributed by atoms with Gasteiger partial charge in [-0.25, -0.2) is 4.79 Å². The third-order valence-electron chi connectivity index (χ3n) is 12.5. The molecule has 10 heteroatoms. The van der Waals surface area contributed by atoms with Crippen molar-refractivity contribution in [3.8, 4) is 0 Å². The fourth-order valence-corrected chi connectivity index (χ4v) is 10.4. The van der Waals surface area contributed by atoms with E-state index in [1.165, 1.54) is 13.2 Å². The summed E-state index contributed by atoms with van der Waals surface area (Å²) in [7, 11) is 0. The highest BCUT2D eigenvalue weighted by atomic mass is 16.7. The summed E-state index contributed by atoms with van der Waals surface area (Å²) in [6.07, 6.45) is 2.48. The topological polar surface area (TPSA) is 127 Å². The zero-order valence-corrected chi connectivity index (χ0v) is 27.7. The molecular formula is C35H48O10. The van der Waals surface area contributed by atoms with Gasteiger partial charge in [-0.15, -0.1) is 0 Å². The molecule has 0 aromatic heterocycles. The van der Waals surface area contributed by atoms with Crippen LogP contribution in [0.5, 0.6) is 0 Å². The molecule has 2 saturated carbocycles. The number of ether oxygens (including phenoxy) is 6. The van der Waals surface area contributed by atoms with Crippen molar-refractivity contribution in [3.63, 3.8) is 0 Å². The highest BCUT2D eigenvalue weighted by molar-refractivity contribution is 5.88. The zero-order valence-electron chi connectivity index (χ0n) is 27.7. The lowest BCUT2D eigenvalue weighted by atomic mass is 9.39. The van der Waals surface area contributed by atoms with E-state index in [0.29, 0.717) is 25.0 Å². The maximum absolute atomic E-state index is 13.7. The largest absolute Gasteiger partial charge is 0.462 e. The molecule has 13 atom stereocenters. The van der Waals surface area contributed by atoms with Crippen LogP contribution in [0.15, 0.2) is 35.1 Å². The Balaban J connectivity index is 1.58. The maximum atomic E-state index is 13.7. The molecule has 3 aliphatic carbocycles. The Kier molecular flexibility index (Phi) is 8.15. The summed E-state index contributed by atoms with van der Waals surface area (Å²) in [6.45, 7) is 15.9. The lowest BCUT2D eigenvalue weighted by Gasteiger charge is -2.66. The molecule has 2 saturated heterocycles. The van der Waals surface area contributed by atoms with Crippen molar-refractivity contribution in [2.75, 3.05) is 13.2 Å². The Morgan fingerprint density at radius 3 is 2.49 bits per heavy atom. The first-order chi connectivity index (χ1) is 21.2. The number of carbonyl (C=O) groups excluding carboxylic acids is 3. The molecule has 3 heterocycles. The van der Waals surface area contributed by atoms with Gasteiger partial charge in [-0.05, 0) is 57.6 Å². The van der Waals surface area contributed by atoms with Crippen molar-refractivity contribution in [2.24, 2.45) is 39.9 Å². The highest BCUT2D eigenvalue weighted by Gasteiger charge is 2.77. The van der Waals surface area contributed by atoms with Gasteiger partial charge in [0.1, 0.15) is 12.2 Å². The Hall–Kier alpha value is -2.53. The monoisotopic (exact) mass is 628 g/mol. The van der Waals surface area contributed by atoms with Crippen molar-refractivity contribution in [1.82, 2.24) is 0 Å². The standard InChI is InChI=1S/C35H48O10/c1-9-17(3)31(38)45-30-28-29-33(6,16-42-28)25(43-19(5)36)15-24(37)34(29,7)23-14-26(40-10-2)44-22-13-21(20-11-12-41-32(20)39)18(4)27(22)35(23,30)8/h9,11-12,20-26,28-30,37H,10,13-16H2,1-8H3.